The first-order chi connectivity index (χ1) is 16.1. The lowest BCUT2D eigenvalue weighted by molar-refractivity contribution is -0.137. The molecule has 0 fully saturated rings. The van der Waals surface area contributed by atoms with Crippen LogP contribution in [0.2, 0.25) is 30.7 Å². The molecule has 1 aliphatic rings. The number of hydrogen-bond acceptors (Lipinski definition) is 4. The molecule has 0 atom stereocenters. The lowest BCUT2D eigenvalue weighted by atomic mass is 10.0. The summed E-state index contributed by atoms with van der Waals surface area (Å²) in [5.41, 5.74) is 0.344. The number of aromatic nitrogens is 2. The molecule has 0 aliphatic carbocycles. The summed E-state index contributed by atoms with van der Waals surface area (Å²) in [5.74, 6) is 0. The number of hydrogen-bond donors (Lipinski definition) is 0. The molecule has 0 unspecified atom stereocenters. The van der Waals surface area contributed by atoms with E-state index in [-0.39, 0.29) is 17.1 Å². The molecule has 11 heteroatoms. The van der Waals surface area contributed by atoms with E-state index in [0.717, 1.165) is 17.8 Å². The SMILES string of the molecule is CC(C)(C)OC(=O)N1CC=C(c2cc3c(Cl)c(C(F)(F)F)cnc3n2COCC[Si](C)(C)C)CC1. The van der Waals surface area contributed by atoms with E-state index in [2.05, 4.69) is 24.6 Å². The van der Waals surface area contributed by atoms with E-state index in [1.807, 2.05) is 26.8 Å². The molecule has 0 bridgehead atoms. The van der Waals surface area contributed by atoms with Gasteiger partial charge in [0.05, 0.1) is 10.6 Å². The standard InChI is InChI=1S/C24H33ClF3N3O3Si/c1-23(2,3)34-22(32)30-9-7-16(8-10-30)19-13-17-20(25)18(24(26,27)28)14-29-21(17)31(19)15-33-11-12-35(4,5)6/h7,13-14H,8-12,15H2,1-6H3. The molecular formula is C24H33ClF3N3O3Si. The second-order valence-electron chi connectivity index (χ2n) is 10.9. The third kappa shape index (κ3) is 7.01. The van der Waals surface area contributed by atoms with Gasteiger partial charge in [-0.2, -0.15) is 13.2 Å². The first-order valence-electron chi connectivity index (χ1n) is 11.6. The van der Waals surface area contributed by atoms with Gasteiger partial charge in [-0.05, 0) is 44.9 Å². The Morgan fingerprint density at radius 3 is 2.46 bits per heavy atom. The highest BCUT2D eigenvalue weighted by Gasteiger charge is 2.35. The van der Waals surface area contributed by atoms with Crippen LogP contribution in [0.25, 0.3) is 16.6 Å². The lowest BCUT2D eigenvalue weighted by Crippen LogP contribution is -2.39. The molecule has 1 aliphatic heterocycles. The Labute approximate surface area is 210 Å². The van der Waals surface area contributed by atoms with Crippen LogP contribution >= 0.6 is 11.6 Å². The van der Waals surface area contributed by atoms with Crippen LogP contribution in [0.15, 0.2) is 18.3 Å². The predicted molar refractivity (Wildman–Crippen MR) is 134 cm³/mol. The average Bonchev–Trinajstić information content (AvgIpc) is 3.08. The topological polar surface area (TPSA) is 56.6 Å². The summed E-state index contributed by atoms with van der Waals surface area (Å²) in [6.07, 6.45) is -1.84. The number of ether oxygens (including phenoxy) is 2. The van der Waals surface area contributed by atoms with Crippen molar-refractivity contribution >= 4 is 42.4 Å². The summed E-state index contributed by atoms with van der Waals surface area (Å²) in [6.45, 7) is 13.6. The van der Waals surface area contributed by atoms with Crippen LogP contribution < -0.4 is 0 Å². The Bertz CT molecular complexity index is 1120. The van der Waals surface area contributed by atoms with E-state index in [4.69, 9.17) is 21.1 Å². The Morgan fingerprint density at radius 1 is 1.23 bits per heavy atom. The number of carbonyl (C=O) groups is 1. The molecule has 2 aromatic heterocycles. The summed E-state index contributed by atoms with van der Waals surface area (Å²) in [5, 5.41) is -0.155. The van der Waals surface area contributed by atoms with E-state index in [1.165, 1.54) is 0 Å². The minimum Gasteiger partial charge on any atom is -0.444 e. The van der Waals surface area contributed by atoms with E-state index >= 15 is 0 Å². The Hall–Kier alpha value is -2.04. The van der Waals surface area contributed by atoms with Crippen LogP contribution in [-0.4, -0.2) is 53.9 Å². The van der Waals surface area contributed by atoms with Crippen molar-refractivity contribution in [2.45, 2.75) is 71.4 Å². The number of alkyl halides is 3. The Kier molecular flexibility index (Phi) is 7.98. The fourth-order valence-electron chi connectivity index (χ4n) is 3.69. The number of nitrogens with zero attached hydrogens (tertiary/aromatic N) is 3. The van der Waals surface area contributed by atoms with Crippen LogP contribution in [0.5, 0.6) is 0 Å². The third-order valence-corrected chi connectivity index (χ3v) is 7.68. The molecule has 3 rings (SSSR count). The summed E-state index contributed by atoms with van der Waals surface area (Å²) in [4.78, 5) is 18.1. The van der Waals surface area contributed by atoms with Crippen molar-refractivity contribution in [2.24, 2.45) is 0 Å². The van der Waals surface area contributed by atoms with Gasteiger partial charge in [-0.25, -0.2) is 9.78 Å². The fourth-order valence-corrected chi connectivity index (χ4v) is 4.74. The van der Waals surface area contributed by atoms with E-state index in [0.29, 0.717) is 37.5 Å². The van der Waals surface area contributed by atoms with E-state index < -0.39 is 31.5 Å². The smallest absolute Gasteiger partial charge is 0.419 e. The van der Waals surface area contributed by atoms with Crippen molar-refractivity contribution in [3.63, 3.8) is 0 Å². The van der Waals surface area contributed by atoms with Crippen molar-refractivity contribution in [3.05, 3.63) is 34.6 Å². The van der Waals surface area contributed by atoms with Gasteiger partial charge in [0.1, 0.15) is 18.0 Å². The lowest BCUT2D eigenvalue weighted by Gasteiger charge is -2.29. The molecule has 0 radical (unpaired) electrons. The number of pyridine rings is 1. The van der Waals surface area contributed by atoms with Gasteiger partial charge in [-0.1, -0.05) is 37.3 Å². The van der Waals surface area contributed by atoms with Crippen LogP contribution in [0.1, 0.15) is 38.4 Å². The first kappa shape index (κ1) is 27.5. The van der Waals surface area contributed by atoms with E-state index in [9.17, 15) is 18.0 Å². The molecule has 3 heterocycles. The Balaban J connectivity index is 1.94. The quantitative estimate of drug-likeness (QED) is 0.296. The maximum Gasteiger partial charge on any atom is 0.419 e. The van der Waals surface area contributed by atoms with Crippen molar-refractivity contribution in [1.29, 1.82) is 0 Å². The van der Waals surface area contributed by atoms with E-state index in [1.54, 1.807) is 15.5 Å². The maximum absolute atomic E-state index is 13.4. The van der Waals surface area contributed by atoms with Gasteiger partial charge < -0.3 is 18.9 Å². The zero-order valence-corrected chi connectivity index (χ0v) is 22.8. The molecular weight excluding hydrogens is 499 g/mol. The zero-order chi connectivity index (χ0) is 26.2. The summed E-state index contributed by atoms with van der Waals surface area (Å²) >= 11 is 6.20. The summed E-state index contributed by atoms with van der Waals surface area (Å²) < 4.78 is 53.4. The molecule has 0 saturated carbocycles. The number of fused-ring (bicyclic) bond motifs is 1. The molecule has 0 spiro atoms. The van der Waals surface area contributed by atoms with Crippen molar-refractivity contribution < 1.29 is 27.4 Å². The number of rotatable bonds is 6. The molecule has 35 heavy (non-hydrogen) atoms. The maximum atomic E-state index is 13.4. The normalized spacial score (nSPS) is 15.5. The second-order valence-corrected chi connectivity index (χ2v) is 16.9. The van der Waals surface area contributed by atoms with Crippen molar-refractivity contribution in [2.75, 3.05) is 19.7 Å². The highest BCUT2D eigenvalue weighted by molar-refractivity contribution is 6.76. The average molecular weight is 532 g/mol. The monoisotopic (exact) mass is 531 g/mol. The Morgan fingerprint density at radius 2 is 1.91 bits per heavy atom. The second kappa shape index (κ2) is 10.1. The molecule has 1 amide bonds. The number of amides is 1. The summed E-state index contributed by atoms with van der Waals surface area (Å²) in [7, 11) is -1.31. The highest BCUT2D eigenvalue weighted by Crippen LogP contribution is 2.40. The van der Waals surface area contributed by atoms with Gasteiger partial charge in [0, 0.05) is 45.0 Å². The molecule has 0 N–H and O–H groups in total. The largest absolute Gasteiger partial charge is 0.444 e. The molecule has 194 valence electrons. The third-order valence-electron chi connectivity index (χ3n) is 5.57. The van der Waals surface area contributed by atoms with Gasteiger partial charge in [0.25, 0.3) is 0 Å². The van der Waals surface area contributed by atoms with Gasteiger partial charge in [0.15, 0.2) is 0 Å². The highest BCUT2D eigenvalue weighted by atomic mass is 35.5. The molecule has 6 nitrogen and oxygen atoms in total. The zero-order valence-electron chi connectivity index (χ0n) is 21.1. The van der Waals surface area contributed by atoms with Crippen molar-refractivity contribution in [3.8, 4) is 0 Å². The predicted octanol–water partition coefficient (Wildman–Crippen LogP) is 7.05. The van der Waals surface area contributed by atoms with Gasteiger partial charge in [0.2, 0.25) is 0 Å². The minimum absolute atomic E-state index is 0.144. The fraction of sp³-hybridized carbons (Fsp3) is 0.583. The van der Waals surface area contributed by atoms with Gasteiger partial charge in [-0.15, -0.1) is 0 Å². The van der Waals surface area contributed by atoms with Crippen molar-refractivity contribution in [1.82, 2.24) is 14.5 Å². The number of carbonyl (C=O) groups excluding carboxylic acids is 1. The molecule has 0 saturated heterocycles. The molecule has 0 aromatic carbocycles. The number of halogens is 4. The van der Waals surface area contributed by atoms with Gasteiger partial charge in [-0.3, -0.25) is 0 Å². The van der Waals surface area contributed by atoms with Crippen LogP contribution in [-0.2, 0) is 22.4 Å². The van der Waals surface area contributed by atoms with Gasteiger partial charge >= 0.3 is 12.3 Å². The molecule has 2 aromatic rings. The van der Waals surface area contributed by atoms with Crippen LogP contribution in [0, 0.1) is 0 Å². The van der Waals surface area contributed by atoms with Crippen LogP contribution in [0.3, 0.4) is 0 Å². The summed E-state index contributed by atoms with van der Waals surface area (Å²) in [6, 6.07) is 2.60. The van der Waals surface area contributed by atoms with Crippen LogP contribution in [0.4, 0.5) is 18.0 Å². The first-order valence-corrected chi connectivity index (χ1v) is 15.7. The minimum atomic E-state index is -4.60.